The van der Waals surface area contributed by atoms with E-state index in [-0.39, 0.29) is 38.6 Å². The predicted octanol–water partition coefficient (Wildman–Crippen LogP) is 10.6. The zero-order valence-electron chi connectivity index (χ0n) is 34.9. The molecule has 9 nitrogen and oxygen atoms in total. The van der Waals surface area contributed by atoms with E-state index in [0.717, 1.165) is 103 Å². The Bertz CT molecular complexity index is 1070. The van der Waals surface area contributed by atoms with E-state index in [4.69, 9.17) is 18.9 Å². The Morgan fingerprint density at radius 1 is 0.574 bits per heavy atom. The molecule has 0 aliphatic heterocycles. The van der Waals surface area contributed by atoms with Crippen molar-refractivity contribution < 1.29 is 42.9 Å². The second-order valence-electron chi connectivity index (χ2n) is 14.9. The van der Waals surface area contributed by atoms with Gasteiger partial charge in [0, 0.05) is 12.8 Å². The van der Waals surface area contributed by atoms with Gasteiger partial charge in [0.1, 0.15) is 13.2 Å². The third-order valence-electron chi connectivity index (χ3n) is 8.51. The number of hydrogen-bond donors (Lipinski definition) is 1. The number of allylic oxidation sites excluding steroid dienone is 10. The van der Waals surface area contributed by atoms with Crippen LogP contribution in [-0.4, -0.2) is 87.4 Å². The van der Waals surface area contributed by atoms with Crippen molar-refractivity contribution in [2.45, 2.75) is 161 Å². The molecule has 0 bridgehead atoms. The molecule has 0 radical (unpaired) electrons. The number of nitrogens with zero attached hydrogens (tertiary/aromatic N) is 1. The molecule has 0 rings (SSSR count). The van der Waals surface area contributed by atoms with Gasteiger partial charge in [-0.3, -0.25) is 9.59 Å². The Balaban J connectivity index is 4.55. The molecule has 0 spiro atoms. The first-order valence-electron chi connectivity index (χ1n) is 21.0. The molecule has 310 valence electrons. The molecule has 0 aliphatic carbocycles. The molecule has 2 atom stereocenters. The van der Waals surface area contributed by atoms with Gasteiger partial charge >= 0.3 is 17.9 Å². The lowest BCUT2D eigenvalue weighted by Crippen LogP contribution is -2.40. The first-order valence-corrected chi connectivity index (χ1v) is 21.0. The summed E-state index contributed by atoms with van der Waals surface area (Å²) in [7, 11) is 5.93. The zero-order chi connectivity index (χ0) is 40.0. The van der Waals surface area contributed by atoms with E-state index in [0.29, 0.717) is 17.4 Å². The number of ether oxygens (including phenoxy) is 4. The van der Waals surface area contributed by atoms with Gasteiger partial charge in [-0.1, -0.05) is 126 Å². The van der Waals surface area contributed by atoms with Crippen molar-refractivity contribution in [1.82, 2.24) is 0 Å². The van der Waals surface area contributed by atoms with Crippen LogP contribution in [0.15, 0.2) is 60.8 Å². The lowest BCUT2D eigenvalue weighted by Gasteiger charge is -2.25. The highest BCUT2D eigenvalue weighted by Crippen LogP contribution is 2.12. The molecule has 0 saturated carbocycles. The number of carbonyl (C=O) groups is 3. The maximum absolute atomic E-state index is 12.7. The lowest BCUT2D eigenvalue weighted by atomic mass is 10.1. The molecule has 0 aromatic rings. The second-order valence-corrected chi connectivity index (χ2v) is 14.9. The van der Waals surface area contributed by atoms with E-state index in [1.165, 1.54) is 12.8 Å². The highest BCUT2D eigenvalue weighted by molar-refractivity contribution is 5.71. The number of esters is 2. The topological polar surface area (TPSA) is 108 Å². The Hall–Kier alpha value is -3.01. The summed E-state index contributed by atoms with van der Waals surface area (Å²) in [6.07, 6.45) is 39.9. The molecule has 0 amide bonds. The van der Waals surface area contributed by atoms with E-state index >= 15 is 0 Å². The maximum Gasteiger partial charge on any atom is 0.361 e. The van der Waals surface area contributed by atoms with Crippen molar-refractivity contribution in [1.29, 1.82) is 0 Å². The molecule has 0 saturated heterocycles. The molecular formula is C45H78NO8+. The van der Waals surface area contributed by atoms with Crippen molar-refractivity contribution >= 4 is 17.9 Å². The fraction of sp³-hybridized carbons (Fsp3) is 0.711. The number of rotatable bonds is 37. The molecule has 9 heteroatoms. The number of carboxylic acid groups (broad SMARTS) is 1. The molecule has 0 heterocycles. The summed E-state index contributed by atoms with van der Waals surface area (Å²) in [6.45, 7) is 4.65. The van der Waals surface area contributed by atoms with Gasteiger partial charge in [-0.2, -0.15) is 0 Å². The standard InChI is InChI=1S/C45H77NO8/c1-6-8-10-12-14-16-18-20-22-24-26-28-30-32-34-36-43(48)54-41(40-53-45(44(49)50)51-38-37-46(3,4)5)39-52-42(47)35-33-31-29-27-25-23-21-19-17-15-13-11-9-7-2/h8,10,13-16,19-22,41,45H,6-7,9,11-12,17-18,23-40H2,1-5H3/p+1/b10-8-,15-13-,16-14-,21-19-,22-20-. The Kier molecular flexibility index (Phi) is 34.9. The summed E-state index contributed by atoms with van der Waals surface area (Å²) in [4.78, 5) is 37.0. The van der Waals surface area contributed by atoms with Gasteiger partial charge in [-0.25, -0.2) is 4.79 Å². The van der Waals surface area contributed by atoms with Crippen LogP contribution in [0.25, 0.3) is 0 Å². The number of carboxylic acids is 1. The first kappa shape index (κ1) is 51.0. The minimum absolute atomic E-state index is 0.179. The highest BCUT2D eigenvalue weighted by atomic mass is 16.7. The fourth-order valence-electron chi connectivity index (χ4n) is 5.22. The molecule has 0 aromatic carbocycles. The van der Waals surface area contributed by atoms with Gasteiger partial charge in [-0.15, -0.1) is 0 Å². The lowest BCUT2D eigenvalue weighted by molar-refractivity contribution is -0.870. The molecule has 0 aliphatic rings. The van der Waals surface area contributed by atoms with E-state index in [1.807, 2.05) is 21.1 Å². The molecule has 1 N–H and O–H groups in total. The average molecular weight is 761 g/mol. The van der Waals surface area contributed by atoms with Crippen molar-refractivity contribution in [3.8, 4) is 0 Å². The number of carbonyl (C=O) groups excluding carboxylic acids is 2. The SMILES string of the molecule is CC/C=C\C/C=C\C/C=C\CCCCCCCC(=O)OC(COC(=O)CCCCCCC/C=C\C/C=C\CCCC)COC(OCC[N+](C)(C)C)C(=O)O. The van der Waals surface area contributed by atoms with Gasteiger partial charge in [0.2, 0.25) is 0 Å². The smallest absolute Gasteiger partial charge is 0.361 e. The summed E-state index contributed by atoms with van der Waals surface area (Å²) in [6, 6.07) is 0. The third kappa shape index (κ3) is 37.3. The van der Waals surface area contributed by atoms with Crippen molar-refractivity contribution in [2.75, 3.05) is 47.5 Å². The number of likely N-dealkylation sites (N-methyl/N-ethyl adjacent to an activating group) is 1. The molecule has 2 unspecified atom stereocenters. The third-order valence-corrected chi connectivity index (χ3v) is 8.51. The summed E-state index contributed by atoms with van der Waals surface area (Å²) in [5, 5.41) is 9.61. The van der Waals surface area contributed by atoms with Crippen LogP contribution in [-0.2, 0) is 33.3 Å². The van der Waals surface area contributed by atoms with Gasteiger partial charge < -0.3 is 28.5 Å². The predicted molar refractivity (Wildman–Crippen MR) is 221 cm³/mol. The number of aliphatic carboxylic acids is 1. The Labute approximate surface area is 329 Å². The summed E-state index contributed by atoms with van der Waals surface area (Å²) < 4.78 is 22.6. The summed E-state index contributed by atoms with van der Waals surface area (Å²) >= 11 is 0. The number of unbranched alkanes of at least 4 members (excludes halogenated alkanes) is 12. The Morgan fingerprint density at radius 2 is 1.06 bits per heavy atom. The van der Waals surface area contributed by atoms with Crippen molar-refractivity contribution in [3.63, 3.8) is 0 Å². The van der Waals surface area contributed by atoms with Crippen LogP contribution in [0, 0.1) is 0 Å². The summed E-state index contributed by atoms with van der Waals surface area (Å²) in [5.74, 6) is -2.06. The molecular weight excluding hydrogens is 682 g/mol. The first-order chi connectivity index (χ1) is 26.1. The quantitative estimate of drug-likeness (QED) is 0.0219. The maximum atomic E-state index is 12.7. The van der Waals surface area contributed by atoms with E-state index in [1.54, 1.807) is 0 Å². The molecule has 0 aromatic heterocycles. The normalized spacial score (nSPS) is 13.6. The fourth-order valence-corrected chi connectivity index (χ4v) is 5.22. The summed E-state index contributed by atoms with van der Waals surface area (Å²) in [5.41, 5.74) is 0. The number of quaternary nitrogens is 1. The van der Waals surface area contributed by atoms with Crippen molar-refractivity contribution in [3.05, 3.63) is 60.8 Å². The van der Waals surface area contributed by atoms with Gasteiger partial charge in [0.05, 0.1) is 34.4 Å². The average Bonchev–Trinajstić information content (AvgIpc) is 3.12. The monoisotopic (exact) mass is 761 g/mol. The number of hydrogen-bond acceptors (Lipinski definition) is 7. The largest absolute Gasteiger partial charge is 0.477 e. The van der Waals surface area contributed by atoms with E-state index < -0.39 is 24.3 Å². The highest BCUT2D eigenvalue weighted by Gasteiger charge is 2.25. The van der Waals surface area contributed by atoms with Gasteiger partial charge in [-0.05, 0) is 70.6 Å². The zero-order valence-corrected chi connectivity index (χ0v) is 34.9. The van der Waals surface area contributed by atoms with Gasteiger partial charge in [0.25, 0.3) is 6.29 Å². The van der Waals surface area contributed by atoms with Crippen LogP contribution in [0.3, 0.4) is 0 Å². The van der Waals surface area contributed by atoms with Crippen LogP contribution >= 0.6 is 0 Å². The minimum atomic E-state index is -1.52. The van der Waals surface area contributed by atoms with E-state index in [2.05, 4.69) is 74.6 Å². The molecule has 0 fully saturated rings. The minimum Gasteiger partial charge on any atom is -0.477 e. The second kappa shape index (κ2) is 36.9. The van der Waals surface area contributed by atoms with Crippen LogP contribution in [0.1, 0.15) is 149 Å². The van der Waals surface area contributed by atoms with Crippen LogP contribution in [0.2, 0.25) is 0 Å². The van der Waals surface area contributed by atoms with Crippen LogP contribution in [0.5, 0.6) is 0 Å². The Morgan fingerprint density at radius 3 is 1.57 bits per heavy atom. The molecule has 54 heavy (non-hydrogen) atoms. The van der Waals surface area contributed by atoms with Crippen LogP contribution in [0.4, 0.5) is 0 Å². The van der Waals surface area contributed by atoms with Crippen molar-refractivity contribution in [2.24, 2.45) is 0 Å². The van der Waals surface area contributed by atoms with Crippen LogP contribution < -0.4 is 0 Å². The van der Waals surface area contributed by atoms with E-state index in [9.17, 15) is 19.5 Å². The van der Waals surface area contributed by atoms with Gasteiger partial charge in [0.15, 0.2) is 6.10 Å².